The van der Waals surface area contributed by atoms with E-state index in [1.54, 1.807) is 0 Å². The minimum atomic E-state index is -4.86. The summed E-state index contributed by atoms with van der Waals surface area (Å²) in [7, 11) is -4.86. The third-order valence-corrected chi connectivity index (χ3v) is 0. The molecule has 0 amide bonds. The Bertz CT molecular complexity index is 27.2. The Labute approximate surface area is 70.3 Å². The first kappa shape index (κ1) is 15.7. The molecule has 0 aliphatic heterocycles. The first-order chi connectivity index (χ1) is 2.00. The van der Waals surface area contributed by atoms with Crippen LogP contribution >= 0.6 is 0 Å². The molecule has 0 aromatic heterocycles. The zero-order chi connectivity index (χ0) is 4.50. The maximum Gasteiger partial charge on any atom is 2.00 e. The first-order valence-electron chi connectivity index (χ1n) is 0.875. The van der Waals surface area contributed by atoms with Crippen LogP contribution in [0.4, 0.5) is 0 Å². The van der Waals surface area contributed by atoms with E-state index >= 15 is 0 Å². The Morgan fingerprint density at radius 2 is 1.14 bits per heavy atom. The Kier molecular flexibility index (Phi) is 12.1. The average molecular weight is 154 g/mol. The van der Waals surface area contributed by atoms with Crippen LogP contribution in [0.3, 0.4) is 0 Å². The molecular weight excluding hydrogens is 151 g/mol. The molecule has 0 aliphatic rings. The van der Waals surface area contributed by atoms with Gasteiger partial charge in [-0.3, -0.25) is 0 Å². The van der Waals surface area contributed by atoms with Crippen molar-refractivity contribution < 1.29 is 23.9 Å². The fraction of sp³-hybridized carbons (Fsp3) is 0. The van der Waals surface area contributed by atoms with Gasteiger partial charge in [0.1, 0.15) is 0 Å². The summed E-state index contributed by atoms with van der Waals surface area (Å²) in [6.45, 7) is 0. The molecule has 0 bridgehead atoms. The molecule has 0 rings (SSSR count). The van der Waals surface area contributed by atoms with Gasteiger partial charge in [0.05, 0.1) is 0 Å². The fourth-order valence-corrected chi connectivity index (χ4v) is 0. The van der Waals surface area contributed by atoms with Gasteiger partial charge in [-0.05, 0) is 0 Å². The molecule has 3 N–H and O–H groups in total. The molecule has 0 spiro atoms. The second-order valence-electron chi connectivity index (χ2n) is 0.574. The molecule has 7 heavy (non-hydrogen) atoms. The zero-order valence-electron chi connectivity index (χ0n) is 3.33. The minimum Gasteiger partial charge on any atom is -1.00 e. The van der Waals surface area contributed by atoms with Crippen molar-refractivity contribution in [3.05, 3.63) is 0 Å². The van der Waals surface area contributed by atoms with Crippen molar-refractivity contribution in [2.24, 2.45) is 0 Å². The SMILES string of the molecule is [Ca+2].[F-].[O-][Si](O)(O)O. The maximum absolute atomic E-state index is 8.91. The summed E-state index contributed by atoms with van der Waals surface area (Å²) in [6.07, 6.45) is 0. The van der Waals surface area contributed by atoms with E-state index in [4.69, 9.17) is 19.2 Å². The van der Waals surface area contributed by atoms with Crippen molar-refractivity contribution in [2.45, 2.75) is 0 Å². The molecule has 0 heterocycles. The molecule has 0 aromatic rings. The van der Waals surface area contributed by atoms with Crippen molar-refractivity contribution in [1.82, 2.24) is 0 Å². The van der Waals surface area contributed by atoms with E-state index in [9.17, 15) is 0 Å². The van der Waals surface area contributed by atoms with Crippen LogP contribution in [-0.4, -0.2) is 61.2 Å². The number of rotatable bonds is 0. The third-order valence-electron chi connectivity index (χ3n) is 0. The first-order valence-corrected chi connectivity index (χ1v) is 2.62. The Morgan fingerprint density at radius 1 is 1.14 bits per heavy atom. The summed E-state index contributed by atoms with van der Waals surface area (Å²) in [4.78, 5) is 30.6. The van der Waals surface area contributed by atoms with Gasteiger partial charge in [0.25, 0.3) is 0 Å². The van der Waals surface area contributed by atoms with E-state index in [0.717, 1.165) is 0 Å². The Hall–Kier alpha value is 1.25. The van der Waals surface area contributed by atoms with E-state index in [2.05, 4.69) is 0 Å². The number of hydrogen-bond acceptors (Lipinski definition) is 4. The summed E-state index contributed by atoms with van der Waals surface area (Å²) in [5.41, 5.74) is 0. The molecule has 0 unspecified atom stereocenters. The van der Waals surface area contributed by atoms with Crippen molar-refractivity contribution in [3.63, 3.8) is 0 Å². The average Bonchev–Trinajstić information content (AvgIpc) is 0.722. The molecule has 0 aliphatic carbocycles. The van der Waals surface area contributed by atoms with Gasteiger partial charge in [0.2, 0.25) is 0 Å². The predicted molar refractivity (Wildman–Crippen MR) is 18.2 cm³/mol. The molecule has 0 aromatic carbocycles. The maximum atomic E-state index is 8.91. The molecule has 0 fully saturated rings. The van der Waals surface area contributed by atoms with Gasteiger partial charge in [-0.2, -0.15) is 0 Å². The second kappa shape index (κ2) is 5.38. The Balaban J connectivity index is -0.0000000800. The number of halogens is 1. The molecule has 0 saturated heterocycles. The third kappa shape index (κ3) is 128. The topological polar surface area (TPSA) is 83.8 Å². The van der Waals surface area contributed by atoms with Gasteiger partial charge in [0.15, 0.2) is 0 Å². The van der Waals surface area contributed by atoms with E-state index in [0.29, 0.717) is 0 Å². The standard InChI is InChI=1S/Ca.FH.H3O4Si/c;;1-5(2,3)4/h;1H;1-3H/q+2;;-1/p-1. The van der Waals surface area contributed by atoms with Gasteiger partial charge < -0.3 is 23.9 Å². The molecule has 4 nitrogen and oxygen atoms in total. The predicted octanol–water partition coefficient (Wildman–Crippen LogP) is -6.62. The number of hydrogen-bond donors (Lipinski definition) is 3. The normalized spacial score (nSPS) is 8.57. The van der Waals surface area contributed by atoms with E-state index < -0.39 is 9.05 Å². The van der Waals surface area contributed by atoms with Gasteiger partial charge in [-0.25, -0.2) is 0 Å². The van der Waals surface area contributed by atoms with E-state index in [-0.39, 0.29) is 42.4 Å². The zero-order valence-corrected chi connectivity index (χ0v) is 6.54. The van der Waals surface area contributed by atoms with Crippen LogP contribution < -0.4 is 9.50 Å². The second-order valence-corrected chi connectivity index (χ2v) is 1.72. The van der Waals surface area contributed by atoms with Crippen LogP contribution in [0, 0.1) is 0 Å². The van der Waals surface area contributed by atoms with Crippen molar-refractivity contribution in [3.8, 4) is 0 Å². The van der Waals surface area contributed by atoms with Gasteiger partial charge >= 0.3 is 46.8 Å². The van der Waals surface area contributed by atoms with Gasteiger partial charge in [-0.15, -0.1) is 0 Å². The summed E-state index contributed by atoms with van der Waals surface area (Å²) < 4.78 is 0. The molecule has 0 atom stereocenters. The quantitative estimate of drug-likeness (QED) is 0.303. The molecule has 7 heteroatoms. The summed E-state index contributed by atoms with van der Waals surface area (Å²) in [5, 5.41) is 0. The van der Waals surface area contributed by atoms with Gasteiger partial charge in [-0.1, -0.05) is 0 Å². The van der Waals surface area contributed by atoms with E-state index in [1.165, 1.54) is 0 Å². The molecule has 0 radical (unpaired) electrons. The smallest absolute Gasteiger partial charge is 1.00 e. The van der Waals surface area contributed by atoms with Crippen molar-refractivity contribution in [1.29, 1.82) is 0 Å². The molecule has 40 valence electrons. The summed E-state index contributed by atoms with van der Waals surface area (Å²) in [5.74, 6) is 0. The van der Waals surface area contributed by atoms with Crippen molar-refractivity contribution >= 4 is 46.8 Å². The van der Waals surface area contributed by atoms with Crippen LogP contribution in [0.2, 0.25) is 0 Å². The summed E-state index contributed by atoms with van der Waals surface area (Å²) >= 11 is 0. The Morgan fingerprint density at radius 3 is 1.14 bits per heavy atom. The van der Waals surface area contributed by atoms with E-state index in [1.807, 2.05) is 0 Å². The van der Waals surface area contributed by atoms with Crippen LogP contribution in [0.5, 0.6) is 0 Å². The van der Waals surface area contributed by atoms with Crippen LogP contribution in [0.1, 0.15) is 0 Å². The largest absolute Gasteiger partial charge is 2.00 e. The minimum absolute atomic E-state index is 0. The van der Waals surface area contributed by atoms with Crippen LogP contribution in [-0.2, 0) is 0 Å². The van der Waals surface area contributed by atoms with Gasteiger partial charge in [0, 0.05) is 0 Å². The van der Waals surface area contributed by atoms with Crippen molar-refractivity contribution in [2.75, 3.05) is 0 Å². The summed E-state index contributed by atoms with van der Waals surface area (Å²) in [6, 6.07) is 0. The van der Waals surface area contributed by atoms with Crippen LogP contribution in [0.15, 0.2) is 0 Å². The molecular formula is H3CaFO4Si. The van der Waals surface area contributed by atoms with Crippen LogP contribution in [0.25, 0.3) is 0 Å². The fourth-order valence-electron chi connectivity index (χ4n) is 0. The monoisotopic (exact) mass is 154 g/mol. The molecule has 0 saturated carbocycles.